The van der Waals surface area contributed by atoms with Crippen molar-refractivity contribution in [2.45, 2.75) is 57.7 Å². The molecule has 1 fully saturated rings. The van der Waals surface area contributed by atoms with Gasteiger partial charge in [-0.05, 0) is 50.3 Å². The molecular weight excluding hydrogens is 440 g/mol. The second kappa shape index (κ2) is 12.2. The van der Waals surface area contributed by atoms with Crippen LogP contribution in [-0.4, -0.2) is 69.7 Å². The van der Waals surface area contributed by atoms with E-state index in [2.05, 4.69) is 5.16 Å². The number of phenols is 2. The van der Waals surface area contributed by atoms with Crippen LogP contribution in [0.5, 0.6) is 11.5 Å². The third kappa shape index (κ3) is 7.34. The molecule has 0 radical (unpaired) electrons. The van der Waals surface area contributed by atoms with Crippen LogP contribution in [0, 0.1) is 0 Å². The number of piperidine rings is 1. The molecule has 3 rings (SSSR count). The zero-order valence-electron chi connectivity index (χ0n) is 19.4. The number of amides is 1. The molecular formula is C25H32N2O7. The number of cyclic esters (lactones) is 1. The van der Waals surface area contributed by atoms with Crippen LogP contribution < -0.4 is 0 Å². The summed E-state index contributed by atoms with van der Waals surface area (Å²) in [6.07, 6.45) is 9.22. The van der Waals surface area contributed by atoms with E-state index in [1.807, 2.05) is 0 Å². The zero-order valence-corrected chi connectivity index (χ0v) is 19.4. The molecule has 9 heteroatoms. The first kappa shape index (κ1) is 25.3. The fraction of sp³-hybridized carbons (Fsp3) is 0.480. The number of aromatic hydroxyl groups is 2. The van der Waals surface area contributed by atoms with Gasteiger partial charge in [-0.1, -0.05) is 23.4 Å². The Kier molecular flexibility index (Phi) is 9.09. The SMILES string of the molecule is C[C@@H]1C/C=C/[C@@H](O)C/C=C/C(=N\OCC(=O)N2CCCCC2)Cc2cc(O)cc(O)c2C(=O)O1. The number of fused-ring (bicyclic) bond motifs is 1. The Morgan fingerprint density at radius 1 is 1.18 bits per heavy atom. The highest BCUT2D eigenvalue weighted by atomic mass is 16.6. The van der Waals surface area contributed by atoms with Crippen LogP contribution in [0.15, 0.2) is 41.6 Å². The monoisotopic (exact) mass is 472 g/mol. The molecule has 9 nitrogen and oxygen atoms in total. The van der Waals surface area contributed by atoms with E-state index in [-0.39, 0.29) is 35.8 Å². The number of ether oxygens (including phenoxy) is 1. The number of oxime groups is 1. The van der Waals surface area contributed by atoms with E-state index < -0.39 is 23.9 Å². The highest BCUT2D eigenvalue weighted by Crippen LogP contribution is 2.29. The summed E-state index contributed by atoms with van der Waals surface area (Å²) in [6.45, 7) is 2.89. The van der Waals surface area contributed by atoms with Crippen molar-refractivity contribution in [1.82, 2.24) is 4.90 Å². The van der Waals surface area contributed by atoms with E-state index in [0.717, 1.165) is 25.3 Å². The molecule has 3 N–H and O–H groups in total. The summed E-state index contributed by atoms with van der Waals surface area (Å²) in [5.41, 5.74) is 0.556. The van der Waals surface area contributed by atoms with E-state index >= 15 is 0 Å². The summed E-state index contributed by atoms with van der Waals surface area (Å²) < 4.78 is 5.44. The predicted molar refractivity (Wildman–Crippen MR) is 126 cm³/mol. The molecule has 1 aromatic rings. The number of benzene rings is 1. The summed E-state index contributed by atoms with van der Waals surface area (Å²) in [5, 5.41) is 34.6. The first-order valence-electron chi connectivity index (χ1n) is 11.6. The molecule has 2 aliphatic heterocycles. The van der Waals surface area contributed by atoms with Gasteiger partial charge >= 0.3 is 5.97 Å². The van der Waals surface area contributed by atoms with Gasteiger partial charge < -0.3 is 29.8 Å². The lowest BCUT2D eigenvalue weighted by atomic mass is 9.99. The fourth-order valence-corrected chi connectivity index (χ4v) is 3.91. The molecule has 2 aliphatic rings. The van der Waals surface area contributed by atoms with Crippen LogP contribution in [0.4, 0.5) is 0 Å². The number of carbonyl (C=O) groups excluding carboxylic acids is 2. The zero-order chi connectivity index (χ0) is 24.5. The fourth-order valence-electron chi connectivity index (χ4n) is 3.91. The number of allylic oxidation sites excluding steroid dienone is 1. The van der Waals surface area contributed by atoms with Crippen LogP contribution in [0.1, 0.15) is 54.9 Å². The van der Waals surface area contributed by atoms with E-state index in [0.29, 0.717) is 31.6 Å². The minimum absolute atomic E-state index is 0.0150. The Balaban J connectivity index is 1.86. The smallest absolute Gasteiger partial charge is 0.342 e. The van der Waals surface area contributed by atoms with Gasteiger partial charge in [-0.25, -0.2) is 4.79 Å². The van der Waals surface area contributed by atoms with Gasteiger partial charge in [0.15, 0.2) is 6.61 Å². The lowest BCUT2D eigenvalue weighted by Gasteiger charge is -2.26. The van der Waals surface area contributed by atoms with Crippen molar-refractivity contribution in [3.05, 3.63) is 47.6 Å². The van der Waals surface area contributed by atoms with E-state index in [1.54, 1.807) is 36.1 Å². The van der Waals surface area contributed by atoms with Gasteiger partial charge in [-0.2, -0.15) is 0 Å². The number of aliphatic hydroxyl groups excluding tert-OH is 1. The standard InChI is InChI=1S/C25H32N2O7/c1-17-7-5-9-20(28)10-6-8-19(26-33-16-23(31)27-11-3-2-4-12-27)13-18-14-21(29)15-22(30)24(18)25(32)34-17/h5-6,8-9,14-15,17,20,28-30H,2-4,7,10-13,16H2,1H3/b8-6+,9-5+,26-19+/t17-,20-/m1/s1. The average Bonchev–Trinajstić information content (AvgIpc) is 2.78. The minimum atomic E-state index is -0.740. The Bertz CT molecular complexity index is 964. The molecule has 1 aromatic carbocycles. The number of likely N-dealkylation sites (tertiary alicyclic amines) is 1. The van der Waals surface area contributed by atoms with Crippen LogP contribution in [0.2, 0.25) is 0 Å². The van der Waals surface area contributed by atoms with Crippen molar-refractivity contribution >= 4 is 17.6 Å². The Morgan fingerprint density at radius 2 is 1.94 bits per heavy atom. The molecule has 34 heavy (non-hydrogen) atoms. The summed E-state index contributed by atoms with van der Waals surface area (Å²) in [6, 6.07) is 2.43. The van der Waals surface area contributed by atoms with Crippen molar-refractivity contribution in [3.63, 3.8) is 0 Å². The molecule has 1 amide bonds. The molecule has 1 saturated heterocycles. The van der Waals surface area contributed by atoms with Gasteiger partial charge in [-0.15, -0.1) is 0 Å². The first-order chi connectivity index (χ1) is 16.3. The maximum atomic E-state index is 12.8. The van der Waals surface area contributed by atoms with E-state index in [9.17, 15) is 24.9 Å². The summed E-state index contributed by atoms with van der Waals surface area (Å²) in [4.78, 5) is 32.2. The average molecular weight is 473 g/mol. The third-order valence-corrected chi connectivity index (χ3v) is 5.66. The minimum Gasteiger partial charge on any atom is -0.508 e. The number of hydrogen-bond acceptors (Lipinski definition) is 8. The molecule has 2 heterocycles. The molecule has 0 bridgehead atoms. The van der Waals surface area contributed by atoms with Gasteiger partial charge in [0.1, 0.15) is 23.2 Å². The summed E-state index contributed by atoms with van der Waals surface area (Å²) in [5.74, 6) is -1.52. The number of hydrogen-bond donors (Lipinski definition) is 3. The molecule has 0 unspecified atom stereocenters. The second-order valence-corrected chi connectivity index (χ2v) is 8.56. The molecule has 2 atom stereocenters. The number of nitrogens with zero attached hydrogens (tertiary/aromatic N) is 2. The van der Waals surface area contributed by atoms with Crippen LogP contribution in [-0.2, 0) is 20.8 Å². The Hall–Kier alpha value is -3.33. The normalized spacial score (nSPS) is 25.1. The number of phenolic OH excluding ortho intramolecular Hbond substituents is 2. The largest absolute Gasteiger partial charge is 0.508 e. The topological polar surface area (TPSA) is 129 Å². The van der Waals surface area contributed by atoms with Crippen molar-refractivity contribution in [2.75, 3.05) is 19.7 Å². The number of esters is 1. The van der Waals surface area contributed by atoms with Gasteiger partial charge in [0.05, 0.1) is 11.8 Å². The van der Waals surface area contributed by atoms with E-state index in [4.69, 9.17) is 9.57 Å². The second-order valence-electron chi connectivity index (χ2n) is 8.56. The van der Waals surface area contributed by atoms with Crippen molar-refractivity contribution in [2.24, 2.45) is 5.16 Å². The summed E-state index contributed by atoms with van der Waals surface area (Å²) >= 11 is 0. The highest BCUT2D eigenvalue weighted by molar-refractivity contribution is 6.00. The maximum absolute atomic E-state index is 12.8. The van der Waals surface area contributed by atoms with Gasteiger partial charge in [-0.3, -0.25) is 4.79 Å². The quantitative estimate of drug-likeness (QED) is 0.350. The van der Waals surface area contributed by atoms with E-state index in [1.165, 1.54) is 6.07 Å². The van der Waals surface area contributed by atoms with Gasteiger partial charge in [0.2, 0.25) is 0 Å². The number of aliphatic hydroxyl groups is 1. The third-order valence-electron chi connectivity index (χ3n) is 5.66. The highest BCUT2D eigenvalue weighted by Gasteiger charge is 2.22. The van der Waals surface area contributed by atoms with Crippen LogP contribution >= 0.6 is 0 Å². The van der Waals surface area contributed by atoms with Crippen molar-refractivity contribution in [3.8, 4) is 11.5 Å². The first-order valence-corrected chi connectivity index (χ1v) is 11.6. The van der Waals surface area contributed by atoms with Gasteiger partial charge in [0, 0.05) is 32.0 Å². The van der Waals surface area contributed by atoms with Crippen molar-refractivity contribution in [1.29, 1.82) is 0 Å². The molecule has 0 aromatic heterocycles. The van der Waals surface area contributed by atoms with Crippen molar-refractivity contribution < 1.29 is 34.5 Å². The lowest BCUT2D eigenvalue weighted by molar-refractivity contribution is -0.137. The Labute approximate surface area is 199 Å². The van der Waals surface area contributed by atoms with Crippen LogP contribution in [0.3, 0.4) is 0 Å². The predicted octanol–water partition coefficient (Wildman–Crippen LogP) is 2.84. The number of rotatable bonds is 3. The van der Waals surface area contributed by atoms with Crippen LogP contribution in [0.25, 0.3) is 0 Å². The maximum Gasteiger partial charge on any atom is 0.342 e. The summed E-state index contributed by atoms with van der Waals surface area (Å²) in [7, 11) is 0. The molecule has 184 valence electrons. The Morgan fingerprint density at radius 3 is 2.71 bits per heavy atom. The van der Waals surface area contributed by atoms with Gasteiger partial charge in [0.25, 0.3) is 5.91 Å². The molecule has 0 aliphatic carbocycles. The molecule has 0 saturated carbocycles. The lowest BCUT2D eigenvalue weighted by Crippen LogP contribution is -2.37. The molecule has 0 spiro atoms. The number of carbonyl (C=O) groups is 2.